The first kappa shape index (κ1) is 14.0. The van der Waals surface area contributed by atoms with Crippen molar-refractivity contribution in [2.45, 2.75) is 68.2 Å². The highest BCUT2D eigenvalue weighted by Crippen LogP contribution is 2.78. The minimum atomic E-state index is 0.671. The molecule has 2 saturated carbocycles. The van der Waals surface area contributed by atoms with Crippen LogP contribution >= 0.6 is 0 Å². The van der Waals surface area contributed by atoms with Gasteiger partial charge in [0, 0.05) is 0 Å². The van der Waals surface area contributed by atoms with Crippen molar-refractivity contribution < 1.29 is 0 Å². The fourth-order valence-electron chi connectivity index (χ4n) is 3.49. The SMILES string of the molecule is CC.CC.CC1CCC2C(C)(C)C12C. The maximum absolute atomic E-state index is 2.48. The zero-order chi connectivity index (χ0) is 11.6. The Bertz CT molecular complexity index is 169. The van der Waals surface area contributed by atoms with Gasteiger partial charge in [0.25, 0.3) is 0 Å². The molecule has 3 atom stereocenters. The Hall–Kier alpha value is 0. The second-order valence-corrected chi connectivity index (χ2v) is 5.04. The lowest BCUT2D eigenvalue weighted by atomic mass is 9.85. The number of rotatable bonds is 0. The van der Waals surface area contributed by atoms with Crippen molar-refractivity contribution in [1.29, 1.82) is 0 Å². The summed E-state index contributed by atoms with van der Waals surface area (Å²) in [4.78, 5) is 0. The highest BCUT2D eigenvalue weighted by atomic mass is 14.8. The normalized spacial score (nSPS) is 41.1. The molecule has 0 amide bonds. The summed E-state index contributed by atoms with van der Waals surface area (Å²) in [6.45, 7) is 17.8. The summed E-state index contributed by atoms with van der Waals surface area (Å²) < 4.78 is 0. The van der Waals surface area contributed by atoms with Crippen molar-refractivity contribution >= 4 is 0 Å². The quantitative estimate of drug-likeness (QED) is 0.506. The molecule has 0 nitrogen and oxygen atoms in total. The average Bonchev–Trinajstić information content (AvgIpc) is 2.46. The Balaban J connectivity index is 0.000000379. The molecule has 0 bridgehead atoms. The standard InChI is InChI=1S/C10H18.2C2H6/c1-7-5-6-8-9(2,3)10(7,8)4;2*1-2/h7-8H,5-6H2,1-4H3;2*1-2H3. The van der Waals surface area contributed by atoms with Crippen LogP contribution in [-0.4, -0.2) is 0 Å². The molecule has 2 fully saturated rings. The van der Waals surface area contributed by atoms with E-state index in [1.54, 1.807) is 0 Å². The predicted octanol–water partition coefficient (Wildman–Crippen LogP) is 5.13. The second kappa shape index (κ2) is 4.68. The fraction of sp³-hybridized carbons (Fsp3) is 1.00. The molecule has 0 aliphatic heterocycles. The van der Waals surface area contributed by atoms with Crippen LogP contribution in [0, 0.1) is 22.7 Å². The van der Waals surface area contributed by atoms with Crippen molar-refractivity contribution in [3.05, 3.63) is 0 Å². The van der Waals surface area contributed by atoms with Crippen molar-refractivity contribution in [3.63, 3.8) is 0 Å². The summed E-state index contributed by atoms with van der Waals surface area (Å²) in [6, 6.07) is 0. The van der Waals surface area contributed by atoms with Crippen molar-refractivity contribution in [3.8, 4) is 0 Å². The highest BCUT2D eigenvalue weighted by Gasteiger charge is 2.71. The molecular formula is C14H30. The smallest absolute Gasteiger partial charge is 0.0212 e. The second-order valence-electron chi connectivity index (χ2n) is 5.04. The topological polar surface area (TPSA) is 0 Å². The van der Waals surface area contributed by atoms with E-state index in [1.807, 2.05) is 27.7 Å². The van der Waals surface area contributed by atoms with E-state index in [0.717, 1.165) is 11.8 Å². The van der Waals surface area contributed by atoms with E-state index >= 15 is 0 Å². The monoisotopic (exact) mass is 198 g/mol. The first-order chi connectivity index (χ1) is 6.51. The summed E-state index contributed by atoms with van der Waals surface area (Å²) in [7, 11) is 0. The Labute approximate surface area is 91.5 Å². The first-order valence-electron chi connectivity index (χ1n) is 6.51. The molecular weight excluding hydrogens is 168 g/mol. The third-order valence-corrected chi connectivity index (χ3v) is 4.81. The van der Waals surface area contributed by atoms with Gasteiger partial charge in [-0.3, -0.25) is 0 Å². The van der Waals surface area contributed by atoms with Gasteiger partial charge in [0.2, 0.25) is 0 Å². The number of hydrogen-bond acceptors (Lipinski definition) is 0. The summed E-state index contributed by atoms with van der Waals surface area (Å²) in [5.74, 6) is 2.03. The van der Waals surface area contributed by atoms with E-state index in [-0.39, 0.29) is 0 Å². The van der Waals surface area contributed by atoms with E-state index < -0.39 is 0 Å². The average molecular weight is 198 g/mol. The Kier molecular flexibility index (Phi) is 4.68. The van der Waals surface area contributed by atoms with Crippen LogP contribution in [0.1, 0.15) is 68.2 Å². The summed E-state index contributed by atoms with van der Waals surface area (Å²) in [6.07, 6.45) is 2.97. The molecule has 2 rings (SSSR count). The van der Waals surface area contributed by atoms with Crippen LogP contribution in [0.4, 0.5) is 0 Å². The van der Waals surface area contributed by atoms with Gasteiger partial charge < -0.3 is 0 Å². The van der Waals surface area contributed by atoms with Crippen LogP contribution in [0.3, 0.4) is 0 Å². The lowest BCUT2D eigenvalue weighted by Gasteiger charge is -2.20. The van der Waals surface area contributed by atoms with Gasteiger partial charge in [-0.1, -0.05) is 55.4 Å². The van der Waals surface area contributed by atoms with Crippen molar-refractivity contribution in [2.75, 3.05) is 0 Å². The van der Waals surface area contributed by atoms with E-state index in [2.05, 4.69) is 27.7 Å². The minimum absolute atomic E-state index is 0.671. The first-order valence-corrected chi connectivity index (χ1v) is 6.51. The highest BCUT2D eigenvalue weighted by molar-refractivity contribution is 5.19. The molecule has 0 aromatic rings. The van der Waals surface area contributed by atoms with E-state index in [4.69, 9.17) is 0 Å². The Morgan fingerprint density at radius 2 is 1.29 bits per heavy atom. The van der Waals surface area contributed by atoms with Crippen LogP contribution in [0.25, 0.3) is 0 Å². The maximum atomic E-state index is 2.48. The Morgan fingerprint density at radius 3 is 1.43 bits per heavy atom. The molecule has 0 N–H and O–H groups in total. The third kappa shape index (κ3) is 1.61. The van der Waals surface area contributed by atoms with E-state index in [1.165, 1.54) is 12.8 Å². The van der Waals surface area contributed by atoms with Crippen molar-refractivity contribution in [2.24, 2.45) is 22.7 Å². The molecule has 0 spiro atoms. The maximum Gasteiger partial charge on any atom is -0.0212 e. The molecule has 0 aromatic heterocycles. The van der Waals surface area contributed by atoms with Gasteiger partial charge in [-0.15, -0.1) is 0 Å². The van der Waals surface area contributed by atoms with Gasteiger partial charge in [0.1, 0.15) is 0 Å². The van der Waals surface area contributed by atoms with Crippen LogP contribution in [-0.2, 0) is 0 Å². The largest absolute Gasteiger partial charge is 0.0683 e. The predicted molar refractivity (Wildman–Crippen MR) is 66.5 cm³/mol. The minimum Gasteiger partial charge on any atom is -0.0683 e. The van der Waals surface area contributed by atoms with Crippen LogP contribution < -0.4 is 0 Å². The van der Waals surface area contributed by atoms with Gasteiger partial charge in [0.05, 0.1) is 0 Å². The summed E-state index contributed by atoms with van der Waals surface area (Å²) in [5.41, 5.74) is 1.39. The summed E-state index contributed by atoms with van der Waals surface area (Å²) >= 11 is 0. The van der Waals surface area contributed by atoms with Crippen LogP contribution in [0.5, 0.6) is 0 Å². The Morgan fingerprint density at radius 1 is 0.857 bits per heavy atom. The van der Waals surface area contributed by atoms with Crippen LogP contribution in [0.2, 0.25) is 0 Å². The van der Waals surface area contributed by atoms with Crippen LogP contribution in [0.15, 0.2) is 0 Å². The van der Waals surface area contributed by atoms with E-state index in [0.29, 0.717) is 10.8 Å². The molecule has 0 radical (unpaired) electrons. The van der Waals surface area contributed by atoms with Gasteiger partial charge in [-0.05, 0) is 35.5 Å². The van der Waals surface area contributed by atoms with Gasteiger partial charge >= 0.3 is 0 Å². The molecule has 0 heterocycles. The molecule has 2 aliphatic carbocycles. The molecule has 0 aromatic carbocycles. The molecule has 3 unspecified atom stereocenters. The van der Waals surface area contributed by atoms with Gasteiger partial charge in [-0.25, -0.2) is 0 Å². The summed E-state index contributed by atoms with van der Waals surface area (Å²) in [5, 5.41) is 0. The van der Waals surface area contributed by atoms with Gasteiger partial charge in [0.15, 0.2) is 0 Å². The molecule has 86 valence electrons. The van der Waals surface area contributed by atoms with E-state index in [9.17, 15) is 0 Å². The lowest BCUT2D eigenvalue weighted by molar-refractivity contribution is 0.289. The fourth-order valence-corrected chi connectivity index (χ4v) is 3.49. The molecule has 2 aliphatic rings. The zero-order valence-corrected chi connectivity index (χ0v) is 11.6. The zero-order valence-electron chi connectivity index (χ0n) is 11.6. The third-order valence-electron chi connectivity index (χ3n) is 4.81. The van der Waals surface area contributed by atoms with Crippen molar-refractivity contribution in [1.82, 2.24) is 0 Å². The number of fused-ring (bicyclic) bond motifs is 1. The van der Waals surface area contributed by atoms with Gasteiger partial charge in [-0.2, -0.15) is 0 Å². The number of hydrogen-bond donors (Lipinski definition) is 0. The molecule has 14 heavy (non-hydrogen) atoms. The lowest BCUT2D eigenvalue weighted by Crippen LogP contribution is -2.12. The molecule has 0 saturated heterocycles. The molecule has 0 heteroatoms.